The summed E-state index contributed by atoms with van der Waals surface area (Å²) in [6, 6.07) is 4.33. The van der Waals surface area contributed by atoms with Crippen molar-refractivity contribution in [3.63, 3.8) is 0 Å². The first-order valence-corrected chi connectivity index (χ1v) is 11.1. The standard InChI is InChI=1S/C18H24F3N5OS2/c1-2-22-17(24-11-16-25-15(12-29-16)18(19,20)21)23-10-13(14-4-3-9-28-14)26-5-7-27-8-6-26/h3-4,9,12-13H,2,5-8,10-11H2,1H3,(H2,22,23,24). The second-order valence-electron chi connectivity index (χ2n) is 6.38. The van der Waals surface area contributed by atoms with Crippen LogP contribution in [0.2, 0.25) is 0 Å². The van der Waals surface area contributed by atoms with Crippen molar-refractivity contribution in [2.24, 2.45) is 4.99 Å². The van der Waals surface area contributed by atoms with Gasteiger partial charge in [-0.3, -0.25) is 4.90 Å². The van der Waals surface area contributed by atoms with Crippen molar-refractivity contribution in [1.82, 2.24) is 20.5 Å². The first kappa shape index (κ1) is 22.0. The van der Waals surface area contributed by atoms with E-state index in [9.17, 15) is 13.2 Å². The molecule has 0 aliphatic carbocycles. The van der Waals surface area contributed by atoms with Gasteiger partial charge in [0.25, 0.3) is 0 Å². The largest absolute Gasteiger partial charge is 0.434 e. The Morgan fingerprint density at radius 2 is 2.10 bits per heavy atom. The number of nitrogens with zero attached hydrogens (tertiary/aromatic N) is 3. The molecule has 2 aromatic heterocycles. The van der Waals surface area contributed by atoms with Crippen LogP contribution in [-0.4, -0.2) is 55.2 Å². The lowest BCUT2D eigenvalue weighted by Crippen LogP contribution is -2.46. The molecule has 1 fully saturated rings. The molecule has 11 heteroatoms. The first-order chi connectivity index (χ1) is 14.0. The third kappa shape index (κ3) is 6.39. The zero-order valence-electron chi connectivity index (χ0n) is 16.0. The molecule has 2 aromatic rings. The van der Waals surface area contributed by atoms with Gasteiger partial charge in [-0.05, 0) is 18.4 Å². The predicted octanol–water partition coefficient (Wildman–Crippen LogP) is 3.35. The van der Waals surface area contributed by atoms with Crippen molar-refractivity contribution in [3.8, 4) is 0 Å². The van der Waals surface area contributed by atoms with E-state index < -0.39 is 11.9 Å². The van der Waals surface area contributed by atoms with Gasteiger partial charge in [0, 0.05) is 36.4 Å². The van der Waals surface area contributed by atoms with E-state index in [0.717, 1.165) is 29.8 Å². The molecule has 2 N–H and O–H groups in total. The van der Waals surface area contributed by atoms with Crippen LogP contribution in [-0.2, 0) is 17.5 Å². The summed E-state index contributed by atoms with van der Waals surface area (Å²) in [7, 11) is 0. The van der Waals surface area contributed by atoms with Gasteiger partial charge < -0.3 is 15.4 Å². The molecule has 1 unspecified atom stereocenters. The number of thiophene rings is 1. The molecule has 1 aliphatic heterocycles. The lowest BCUT2D eigenvalue weighted by molar-refractivity contribution is -0.140. The summed E-state index contributed by atoms with van der Waals surface area (Å²) in [6.07, 6.45) is -4.42. The van der Waals surface area contributed by atoms with Crippen LogP contribution in [0.4, 0.5) is 13.2 Å². The highest BCUT2D eigenvalue weighted by Gasteiger charge is 2.33. The number of alkyl halides is 3. The van der Waals surface area contributed by atoms with Gasteiger partial charge in [0.05, 0.1) is 25.8 Å². The first-order valence-electron chi connectivity index (χ1n) is 9.36. The molecule has 1 saturated heterocycles. The number of thiazole rings is 1. The van der Waals surface area contributed by atoms with Crippen LogP contribution in [0, 0.1) is 0 Å². The van der Waals surface area contributed by atoms with Gasteiger partial charge in [0.15, 0.2) is 11.7 Å². The monoisotopic (exact) mass is 447 g/mol. The normalized spacial score (nSPS) is 17.3. The van der Waals surface area contributed by atoms with Crippen LogP contribution in [0.25, 0.3) is 0 Å². The fourth-order valence-corrected chi connectivity index (χ4v) is 4.56. The van der Waals surface area contributed by atoms with Gasteiger partial charge in [-0.15, -0.1) is 22.7 Å². The molecule has 160 valence electrons. The van der Waals surface area contributed by atoms with E-state index in [4.69, 9.17) is 4.74 Å². The smallest absolute Gasteiger partial charge is 0.379 e. The second kappa shape index (κ2) is 10.4. The average molecular weight is 448 g/mol. The molecule has 0 aromatic carbocycles. The molecule has 3 heterocycles. The molecule has 29 heavy (non-hydrogen) atoms. The average Bonchev–Trinajstić information content (AvgIpc) is 3.39. The zero-order valence-corrected chi connectivity index (χ0v) is 17.7. The summed E-state index contributed by atoms with van der Waals surface area (Å²) in [5.41, 5.74) is -0.865. The summed E-state index contributed by atoms with van der Waals surface area (Å²) in [4.78, 5) is 11.7. The van der Waals surface area contributed by atoms with Crippen LogP contribution in [0.15, 0.2) is 27.9 Å². The molecule has 1 aliphatic rings. The molecule has 6 nitrogen and oxygen atoms in total. The van der Waals surface area contributed by atoms with Crippen molar-refractivity contribution in [2.45, 2.75) is 25.7 Å². The summed E-state index contributed by atoms with van der Waals surface area (Å²) >= 11 is 2.67. The number of nitrogens with one attached hydrogen (secondary N) is 2. The Kier molecular flexibility index (Phi) is 7.87. The maximum Gasteiger partial charge on any atom is 0.434 e. The number of hydrogen-bond donors (Lipinski definition) is 2. The molecule has 0 radical (unpaired) electrons. The third-order valence-corrected chi connectivity index (χ3v) is 6.19. The molecule has 0 saturated carbocycles. The molecule has 0 amide bonds. The maximum absolute atomic E-state index is 12.7. The van der Waals surface area contributed by atoms with Gasteiger partial charge in [-0.2, -0.15) is 13.2 Å². The van der Waals surface area contributed by atoms with E-state index in [1.165, 1.54) is 4.88 Å². The van der Waals surface area contributed by atoms with Crippen molar-refractivity contribution >= 4 is 28.6 Å². The Morgan fingerprint density at radius 1 is 1.31 bits per heavy atom. The number of morpholine rings is 1. The van der Waals surface area contributed by atoms with E-state index in [0.29, 0.717) is 37.3 Å². The number of aliphatic imine (C=N–C) groups is 1. The Hall–Kier alpha value is -1.69. The highest BCUT2D eigenvalue weighted by molar-refractivity contribution is 7.10. The quantitative estimate of drug-likeness (QED) is 0.504. The van der Waals surface area contributed by atoms with Crippen LogP contribution in [0.5, 0.6) is 0 Å². The fourth-order valence-electron chi connectivity index (χ4n) is 2.98. The SMILES string of the molecule is CCNC(=NCc1nc(C(F)(F)F)cs1)NCC(c1cccs1)N1CCOCC1. The van der Waals surface area contributed by atoms with Crippen molar-refractivity contribution in [1.29, 1.82) is 0 Å². The van der Waals surface area contributed by atoms with Gasteiger partial charge in [-0.1, -0.05) is 6.07 Å². The van der Waals surface area contributed by atoms with E-state index in [1.807, 2.05) is 13.0 Å². The minimum atomic E-state index is -4.42. The highest BCUT2D eigenvalue weighted by Crippen LogP contribution is 2.30. The molecule has 0 bridgehead atoms. The van der Waals surface area contributed by atoms with Crippen LogP contribution < -0.4 is 10.6 Å². The van der Waals surface area contributed by atoms with Crippen LogP contribution >= 0.6 is 22.7 Å². The third-order valence-electron chi connectivity index (χ3n) is 4.38. The summed E-state index contributed by atoms with van der Waals surface area (Å²) in [5, 5.41) is 9.89. The van der Waals surface area contributed by atoms with Gasteiger partial charge >= 0.3 is 6.18 Å². The fraction of sp³-hybridized carbons (Fsp3) is 0.556. The molecule has 0 spiro atoms. The van der Waals surface area contributed by atoms with Crippen molar-refractivity contribution in [3.05, 3.63) is 38.5 Å². The lowest BCUT2D eigenvalue weighted by Gasteiger charge is -2.34. The van der Waals surface area contributed by atoms with E-state index in [1.54, 1.807) is 11.3 Å². The van der Waals surface area contributed by atoms with Crippen LogP contribution in [0.3, 0.4) is 0 Å². The number of guanidine groups is 1. The van der Waals surface area contributed by atoms with Crippen molar-refractivity contribution < 1.29 is 17.9 Å². The minimum absolute atomic E-state index is 0.0945. The van der Waals surface area contributed by atoms with Crippen molar-refractivity contribution in [2.75, 3.05) is 39.4 Å². The molecule has 1 atom stereocenters. The molecular formula is C18H24F3N5OS2. The number of rotatable bonds is 7. The zero-order chi connectivity index (χ0) is 20.7. The number of hydrogen-bond acceptors (Lipinski definition) is 6. The van der Waals surface area contributed by atoms with Crippen LogP contribution in [0.1, 0.15) is 28.5 Å². The summed E-state index contributed by atoms with van der Waals surface area (Å²) in [6.45, 7) is 6.47. The highest BCUT2D eigenvalue weighted by atomic mass is 32.1. The van der Waals surface area contributed by atoms with E-state index in [-0.39, 0.29) is 12.6 Å². The Labute approximate surface area is 175 Å². The Balaban J connectivity index is 1.65. The minimum Gasteiger partial charge on any atom is -0.379 e. The predicted molar refractivity (Wildman–Crippen MR) is 109 cm³/mol. The van der Waals surface area contributed by atoms with E-state index >= 15 is 0 Å². The molecule has 3 rings (SSSR count). The Morgan fingerprint density at radius 3 is 2.72 bits per heavy atom. The lowest BCUT2D eigenvalue weighted by atomic mass is 10.2. The number of halogens is 3. The summed E-state index contributed by atoms with van der Waals surface area (Å²) in [5.74, 6) is 0.561. The second-order valence-corrected chi connectivity index (χ2v) is 8.30. The topological polar surface area (TPSA) is 61.8 Å². The van der Waals surface area contributed by atoms with Gasteiger partial charge in [0.2, 0.25) is 0 Å². The van der Waals surface area contributed by atoms with E-state index in [2.05, 4.69) is 37.0 Å². The number of aromatic nitrogens is 1. The summed E-state index contributed by atoms with van der Waals surface area (Å²) < 4.78 is 43.6. The molecular weight excluding hydrogens is 423 g/mol. The maximum atomic E-state index is 12.7. The van der Waals surface area contributed by atoms with Gasteiger partial charge in [0.1, 0.15) is 5.01 Å². The Bertz CT molecular complexity index is 773. The number of ether oxygens (including phenoxy) is 1. The van der Waals surface area contributed by atoms with Gasteiger partial charge in [-0.25, -0.2) is 9.98 Å².